The van der Waals surface area contributed by atoms with Gasteiger partial charge in [-0.15, -0.1) is 0 Å². The SMILES string of the molecule is CC(C)(C)OC(=O)NC1CCN(C(=O)OCC2c3ccccc3-c3ccccc32)CC1. The molecule has 1 aliphatic heterocycles. The van der Waals surface area contributed by atoms with Crippen LogP contribution in [0.25, 0.3) is 11.1 Å². The molecule has 0 aromatic heterocycles. The van der Waals surface area contributed by atoms with Crippen LogP contribution in [0.1, 0.15) is 50.7 Å². The lowest BCUT2D eigenvalue weighted by atomic mass is 9.98. The number of alkyl carbamates (subject to hydrolysis) is 1. The van der Waals surface area contributed by atoms with Gasteiger partial charge in [0.1, 0.15) is 12.2 Å². The molecule has 0 unspecified atom stereocenters. The van der Waals surface area contributed by atoms with Crippen molar-refractivity contribution in [2.24, 2.45) is 0 Å². The third-order valence-corrected chi connectivity index (χ3v) is 5.81. The minimum Gasteiger partial charge on any atom is -0.448 e. The predicted molar refractivity (Wildman–Crippen MR) is 119 cm³/mol. The van der Waals surface area contributed by atoms with Gasteiger partial charge in [0.15, 0.2) is 0 Å². The van der Waals surface area contributed by atoms with Gasteiger partial charge in [0, 0.05) is 25.0 Å². The Morgan fingerprint density at radius 3 is 2.06 bits per heavy atom. The molecule has 0 saturated carbocycles. The van der Waals surface area contributed by atoms with E-state index in [4.69, 9.17) is 9.47 Å². The maximum Gasteiger partial charge on any atom is 0.409 e. The molecule has 6 nitrogen and oxygen atoms in total. The Morgan fingerprint density at radius 2 is 1.52 bits per heavy atom. The van der Waals surface area contributed by atoms with Gasteiger partial charge in [-0.2, -0.15) is 0 Å². The first-order chi connectivity index (χ1) is 14.8. The molecule has 2 aromatic rings. The fraction of sp³-hybridized carbons (Fsp3) is 0.440. The van der Waals surface area contributed by atoms with Gasteiger partial charge in [-0.3, -0.25) is 0 Å². The van der Waals surface area contributed by atoms with Crippen LogP contribution >= 0.6 is 0 Å². The molecule has 0 spiro atoms. The van der Waals surface area contributed by atoms with Crippen molar-refractivity contribution < 1.29 is 19.1 Å². The molecule has 6 heteroatoms. The van der Waals surface area contributed by atoms with Crippen LogP contribution < -0.4 is 5.32 Å². The number of rotatable bonds is 3. The van der Waals surface area contributed by atoms with E-state index >= 15 is 0 Å². The van der Waals surface area contributed by atoms with Crippen LogP contribution in [0.5, 0.6) is 0 Å². The quantitative estimate of drug-likeness (QED) is 0.762. The minimum absolute atomic E-state index is 0.00693. The van der Waals surface area contributed by atoms with Gasteiger partial charge in [-0.25, -0.2) is 9.59 Å². The Balaban J connectivity index is 1.30. The summed E-state index contributed by atoms with van der Waals surface area (Å²) in [5.41, 5.74) is 4.32. The van der Waals surface area contributed by atoms with Crippen LogP contribution in [0.2, 0.25) is 0 Å². The molecule has 164 valence electrons. The van der Waals surface area contributed by atoms with E-state index in [0.717, 1.165) is 0 Å². The number of likely N-dealkylation sites (tertiary alicyclic amines) is 1. The van der Waals surface area contributed by atoms with E-state index in [0.29, 0.717) is 32.5 Å². The highest BCUT2D eigenvalue weighted by molar-refractivity contribution is 5.79. The van der Waals surface area contributed by atoms with Crippen molar-refractivity contribution in [3.63, 3.8) is 0 Å². The number of carbonyl (C=O) groups excluding carboxylic acids is 2. The van der Waals surface area contributed by atoms with Crippen LogP contribution in [-0.2, 0) is 9.47 Å². The van der Waals surface area contributed by atoms with Crippen molar-refractivity contribution in [2.45, 2.75) is 51.2 Å². The molecule has 1 N–H and O–H groups in total. The van der Waals surface area contributed by atoms with Crippen molar-refractivity contribution in [2.75, 3.05) is 19.7 Å². The molecule has 1 heterocycles. The van der Waals surface area contributed by atoms with E-state index in [-0.39, 0.29) is 18.1 Å². The second-order valence-corrected chi connectivity index (χ2v) is 9.21. The van der Waals surface area contributed by atoms with Crippen molar-refractivity contribution in [3.8, 4) is 11.1 Å². The average Bonchev–Trinajstić information content (AvgIpc) is 3.05. The number of nitrogens with one attached hydrogen (secondary N) is 1. The Labute approximate surface area is 183 Å². The van der Waals surface area contributed by atoms with Crippen LogP contribution in [0, 0.1) is 0 Å². The molecular weight excluding hydrogens is 392 g/mol. The van der Waals surface area contributed by atoms with Gasteiger partial charge in [-0.1, -0.05) is 48.5 Å². The zero-order chi connectivity index (χ0) is 22.0. The molecule has 0 atom stereocenters. The Morgan fingerprint density at radius 1 is 0.968 bits per heavy atom. The first-order valence-corrected chi connectivity index (χ1v) is 10.9. The van der Waals surface area contributed by atoms with Gasteiger partial charge in [0.25, 0.3) is 0 Å². The molecule has 2 aromatic carbocycles. The van der Waals surface area contributed by atoms with E-state index < -0.39 is 11.7 Å². The maximum absolute atomic E-state index is 12.7. The first-order valence-electron chi connectivity index (χ1n) is 10.9. The summed E-state index contributed by atoms with van der Waals surface area (Å²) in [6, 6.07) is 16.6. The summed E-state index contributed by atoms with van der Waals surface area (Å²) in [7, 11) is 0. The zero-order valence-electron chi connectivity index (χ0n) is 18.4. The summed E-state index contributed by atoms with van der Waals surface area (Å²) >= 11 is 0. The number of hydrogen-bond donors (Lipinski definition) is 1. The third-order valence-electron chi connectivity index (χ3n) is 5.81. The van der Waals surface area contributed by atoms with E-state index in [1.807, 2.05) is 45.0 Å². The molecule has 4 rings (SSSR count). The van der Waals surface area contributed by atoms with Gasteiger partial charge in [-0.05, 0) is 55.9 Å². The summed E-state index contributed by atoms with van der Waals surface area (Å²) in [5, 5.41) is 2.89. The first kappa shape index (κ1) is 21.2. The zero-order valence-corrected chi connectivity index (χ0v) is 18.4. The van der Waals surface area contributed by atoms with Crippen molar-refractivity contribution in [1.82, 2.24) is 10.2 Å². The predicted octanol–water partition coefficient (Wildman–Crippen LogP) is 4.92. The normalized spacial score (nSPS) is 16.4. The smallest absolute Gasteiger partial charge is 0.409 e. The number of piperidine rings is 1. The molecule has 1 saturated heterocycles. The molecule has 2 amide bonds. The number of benzene rings is 2. The number of carbonyl (C=O) groups is 2. The highest BCUT2D eigenvalue weighted by Crippen LogP contribution is 2.44. The molecule has 1 fully saturated rings. The molecule has 1 aliphatic carbocycles. The average molecular weight is 423 g/mol. The molecule has 0 bridgehead atoms. The summed E-state index contributed by atoms with van der Waals surface area (Å²) < 4.78 is 11.0. The summed E-state index contributed by atoms with van der Waals surface area (Å²) in [5.74, 6) is 0.0581. The number of fused-ring (bicyclic) bond motifs is 3. The van der Waals surface area contributed by atoms with Gasteiger partial charge >= 0.3 is 12.2 Å². The van der Waals surface area contributed by atoms with Crippen molar-refractivity contribution in [3.05, 3.63) is 59.7 Å². The van der Waals surface area contributed by atoms with Crippen LogP contribution in [0.3, 0.4) is 0 Å². The van der Waals surface area contributed by atoms with E-state index in [1.165, 1.54) is 22.3 Å². The Bertz CT molecular complexity index is 912. The van der Waals surface area contributed by atoms with E-state index in [1.54, 1.807) is 4.90 Å². The highest BCUT2D eigenvalue weighted by Gasteiger charge is 2.31. The van der Waals surface area contributed by atoms with Gasteiger partial charge in [0.05, 0.1) is 0 Å². The second-order valence-electron chi connectivity index (χ2n) is 9.21. The number of ether oxygens (including phenoxy) is 2. The lowest BCUT2D eigenvalue weighted by Crippen LogP contribution is -2.47. The summed E-state index contributed by atoms with van der Waals surface area (Å²) in [6.07, 6.45) is 0.664. The maximum atomic E-state index is 12.7. The van der Waals surface area contributed by atoms with Gasteiger partial charge < -0.3 is 19.7 Å². The lowest BCUT2D eigenvalue weighted by Gasteiger charge is -2.32. The highest BCUT2D eigenvalue weighted by atomic mass is 16.6. The molecule has 2 aliphatic rings. The topological polar surface area (TPSA) is 67.9 Å². The number of hydrogen-bond acceptors (Lipinski definition) is 4. The molecular formula is C25H30N2O4. The van der Waals surface area contributed by atoms with E-state index in [2.05, 4.69) is 29.6 Å². The molecule has 31 heavy (non-hydrogen) atoms. The standard InChI is InChI=1S/C25H30N2O4/c1-25(2,3)31-23(28)26-17-12-14-27(15-13-17)24(29)30-16-22-20-10-6-4-8-18(20)19-9-5-7-11-21(19)22/h4-11,17,22H,12-16H2,1-3H3,(H,26,28). The molecule has 0 radical (unpaired) electrons. The van der Waals surface area contributed by atoms with Crippen molar-refractivity contribution in [1.29, 1.82) is 0 Å². The summed E-state index contributed by atoms with van der Waals surface area (Å²) in [6.45, 7) is 6.95. The number of amides is 2. The summed E-state index contributed by atoms with van der Waals surface area (Å²) in [4.78, 5) is 26.4. The lowest BCUT2D eigenvalue weighted by molar-refractivity contribution is 0.0473. The largest absolute Gasteiger partial charge is 0.448 e. The second kappa shape index (κ2) is 8.61. The van der Waals surface area contributed by atoms with Crippen LogP contribution in [0.15, 0.2) is 48.5 Å². The minimum atomic E-state index is -0.522. The number of nitrogens with zero attached hydrogens (tertiary/aromatic N) is 1. The fourth-order valence-corrected chi connectivity index (χ4v) is 4.37. The van der Waals surface area contributed by atoms with Gasteiger partial charge in [0.2, 0.25) is 0 Å². The third kappa shape index (κ3) is 4.84. The Kier molecular flexibility index (Phi) is 5.90. The van der Waals surface area contributed by atoms with Crippen molar-refractivity contribution >= 4 is 12.2 Å². The fourth-order valence-electron chi connectivity index (χ4n) is 4.37. The monoisotopic (exact) mass is 422 g/mol. The van der Waals surface area contributed by atoms with Crippen LogP contribution in [-0.4, -0.2) is 48.4 Å². The van der Waals surface area contributed by atoms with Crippen LogP contribution in [0.4, 0.5) is 9.59 Å². The Hall–Kier alpha value is -3.02. The van der Waals surface area contributed by atoms with E-state index in [9.17, 15) is 9.59 Å².